The molecule has 6 heteroatoms. The third-order valence-corrected chi connectivity index (χ3v) is 3.10. The summed E-state index contributed by atoms with van der Waals surface area (Å²) in [5, 5.41) is 2.76. The van der Waals surface area contributed by atoms with E-state index in [2.05, 4.69) is 5.32 Å². The number of anilines is 2. The molecule has 1 amide bonds. The van der Waals surface area contributed by atoms with E-state index in [1.807, 2.05) is 6.92 Å². The lowest BCUT2D eigenvalue weighted by Crippen LogP contribution is -2.21. The summed E-state index contributed by atoms with van der Waals surface area (Å²) in [7, 11) is 0. The number of nitrogen functional groups attached to an aromatic ring is 1. The van der Waals surface area contributed by atoms with Gasteiger partial charge in [-0.05, 0) is 36.8 Å². The lowest BCUT2D eigenvalue weighted by atomic mass is 10.2. The number of amides is 1. The largest absolute Gasteiger partial charge is 0.479 e. The first-order valence-electron chi connectivity index (χ1n) is 6.20. The van der Waals surface area contributed by atoms with Crippen LogP contribution in [0.1, 0.15) is 5.56 Å². The average molecular weight is 309 g/mol. The van der Waals surface area contributed by atoms with Gasteiger partial charge in [-0.15, -0.1) is 0 Å². The zero-order valence-corrected chi connectivity index (χ0v) is 12.1. The van der Waals surface area contributed by atoms with Gasteiger partial charge in [0.05, 0.1) is 5.02 Å². The van der Waals surface area contributed by atoms with E-state index in [-0.39, 0.29) is 17.4 Å². The van der Waals surface area contributed by atoms with Crippen LogP contribution in [-0.4, -0.2) is 12.5 Å². The van der Waals surface area contributed by atoms with Gasteiger partial charge in [-0.2, -0.15) is 0 Å². The van der Waals surface area contributed by atoms with E-state index in [1.54, 1.807) is 18.2 Å². The number of nitrogens with one attached hydrogen (secondary N) is 1. The molecule has 0 saturated carbocycles. The molecule has 2 rings (SSSR count). The number of hydrogen-bond donors (Lipinski definition) is 2. The fraction of sp³-hybridized carbons (Fsp3) is 0.133. The zero-order chi connectivity index (χ0) is 15.4. The summed E-state index contributed by atoms with van der Waals surface area (Å²) in [4.78, 5) is 11.8. The number of carbonyl (C=O) groups is 1. The van der Waals surface area contributed by atoms with Crippen molar-refractivity contribution in [1.29, 1.82) is 0 Å². The van der Waals surface area contributed by atoms with Crippen LogP contribution in [0.4, 0.5) is 15.8 Å². The van der Waals surface area contributed by atoms with Crippen molar-refractivity contribution in [2.24, 2.45) is 0 Å². The molecule has 0 fully saturated rings. The molecule has 0 atom stereocenters. The van der Waals surface area contributed by atoms with Gasteiger partial charge in [0.1, 0.15) is 0 Å². The van der Waals surface area contributed by atoms with Crippen LogP contribution in [0.25, 0.3) is 0 Å². The molecule has 0 heterocycles. The summed E-state index contributed by atoms with van der Waals surface area (Å²) in [6.07, 6.45) is 0. The first kappa shape index (κ1) is 15.1. The van der Waals surface area contributed by atoms with Crippen molar-refractivity contribution < 1.29 is 13.9 Å². The summed E-state index contributed by atoms with van der Waals surface area (Å²) in [6.45, 7) is 1.48. The lowest BCUT2D eigenvalue weighted by Gasteiger charge is -2.11. The quantitative estimate of drug-likeness (QED) is 0.851. The summed E-state index contributed by atoms with van der Waals surface area (Å²) in [6, 6.07) is 9.32. The van der Waals surface area contributed by atoms with Crippen molar-refractivity contribution in [3.63, 3.8) is 0 Å². The summed E-state index contributed by atoms with van der Waals surface area (Å²) >= 11 is 5.81. The number of rotatable bonds is 4. The molecule has 0 aliphatic rings. The Bertz CT molecular complexity index is 656. The smallest absolute Gasteiger partial charge is 0.262 e. The third kappa shape index (κ3) is 3.86. The van der Waals surface area contributed by atoms with Crippen LogP contribution in [-0.2, 0) is 4.79 Å². The maximum atomic E-state index is 13.5. The molecule has 0 saturated heterocycles. The first-order chi connectivity index (χ1) is 9.97. The number of para-hydroxylation sites is 1. The number of benzene rings is 2. The van der Waals surface area contributed by atoms with E-state index in [1.165, 1.54) is 18.2 Å². The Kier molecular flexibility index (Phi) is 4.65. The minimum atomic E-state index is -0.615. The fourth-order valence-electron chi connectivity index (χ4n) is 1.72. The second kappa shape index (κ2) is 6.45. The van der Waals surface area contributed by atoms with Crippen molar-refractivity contribution in [2.45, 2.75) is 6.92 Å². The van der Waals surface area contributed by atoms with Gasteiger partial charge in [-0.1, -0.05) is 23.7 Å². The van der Waals surface area contributed by atoms with E-state index < -0.39 is 11.7 Å². The highest BCUT2D eigenvalue weighted by Gasteiger charge is 2.11. The molecule has 0 aliphatic heterocycles. The second-order valence-electron chi connectivity index (χ2n) is 4.46. The molecule has 0 aromatic heterocycles. The molecular weight excluding hydrogens is 295 g/mol. The van der Waals surface area contributed by atoms with Gasteiger partial charge in [0.15, 0.2) is 18.2 Å². The van der Waals surface area contributed by atoms with Crippen LogP contribution in [0.5, 0.6) is 5.75 Å². The molecule has 2 aromatic rings. The molecular formula is C15H14ClFN2O2. The number of carbonyl (C=O) groups excluding carboxylic acids is 1. The highest BCUT2D eigenvalue weighted by Crippen LogP contribution is 2.27. The Balaban J connectivity index is 2.01. The van der Waals surface area contributed by atoms with E-state index in [4.69, 9.17) is 22.1 Å². The number of aryl methyl sites for hydroxylation is 1. The molecule has 0 unspecified atom stereocenters. The lowest BCUT2D eigenvalue weighted by molar-refractivity contribution is -0.118. The van der Waals surface area contributed by atoms with E-state index in [0.717, 1.165) is 5.56 Å². The Hall–Kier alpha value is -2.27. The zero-order valence-electron chi connectivity index (χ0n) is 11.3. The van der Waals surface area contributed by atoms with Crippen molar-refractivity contribution in [1.82, 2.24) is 0 Å². The van der Waals surface area contributed by atoms with Crippen LogP contribution in [0, 0.1) is 12.7 Å². The van der Waals surface area contributed by atoms with Crippen molar-refractivity contribution in [2.75, 3.05) is 17.7 Å². The molecule has 0 bridgehead atoms. The average Bonchev–Trinajstić information content (AvgIpc) is 2.42. The maximum Gasteiger partial charge on any atom is 0.262 e. The molecule has 4 nitrogen and oxygen atoms in total. The highest BCUT2D eigenvalue weighted by atomic mass is 35.5. The normalized spacial score (nSPS) is 10.2. The molecule has 2 aromatic carbocycles. The van der Waals surface area contributed by atoms with Gasteiger partial charge in [0.25, 0.3) is 5.91 Å². The molecule has 21 heavy (non-hydrogen) atoms. The van der Waals surface area contributed by atoms with Crippen LogP contribution >= 0.6 is 11.6 Å². The maximum absolute atomic E-state index is 13.5. The topological polar surface area (TPSA) is 64.3 Å². The Morgan fingerprint density at radius 3 is 2.86 bits per heavy atom. The van der Waals surface area contributed by atoms with Crippen LogP contribution < -0.4 is 15.8 Å². The number of hydrogen-bond acceptors (Lipinski definition) is 3. The van der Waals surface area contributed by atoms with Crippen LogP contribution in [0.2, 0.25) is 5.02 Å². The van der Waals surface area contributed by atoms with Gasteiger partial charge in [0, 0.05) is 11.4 Å². The molecule has 3 N–H and O–H groups in total. The minimum Gasteiger partial charge on any atom is -0.479 e. The Labute approximate surface area is 126 Å². The second-order valence-corrected chi connectivity index (χ2v) is 4.87. The van der Waals surface area contributed by atoms with Crippen LogP contribution in [0.15, 0.2) is 36.4 Å². The van der Waals surface area contributed by atoms with Crippen molar-refractivity contribution in [3.8, 4) is 5.75 Å². The van der Waals surface area contributed by atoms with Gasteiger partial charge in [-0.3, -0.25) is 4.79 Å². The Morgan fingerprint density at radius 1 is 1.38 bits per heavy atom. The van der Waals surface area contributed by atoms with E-state index in [9.17, 15) is 9.18 Å². The number of halogens is 2. The summed E-state index contributed by atoms with van der Waals surface area (Å²) < 4.78 is 18.6. The van der Waals surface area contributed by atoms with E-state index >= 15 is 0 Å². The predicted molar refractivity (Wildman–Crippen MR) is 81.1 cm³/mol. The number of nitrogens with two attached hydrogens (primary N) is 1. The van der Waals surface area contributed by atoms with Crippen molar-refractivity contribution >= 4 is 28.9 Å². The van der Waals surface area contributed by atoms with Gasteiger partial charge >= 0.3 is 0 Å². The van der Waals surface area contributed by atoms with Gasteiger partial charge in [-0.25, -0.2) is 4.39 Å². The molecule has 0 radical (unpaired) electrons. The minimum absolute atomic E-state index is 0.114. The fourth-order valence-corrected chi connectivity index (χ4v) is 1.94. The first-order valence-corrected chi connectivity index (χ1v) is 6.58. The Morgan fingerprint density at radius 2 is 2.14 bits per heavy atom. The molecule has 110 valence electrons. The molecule has 0 aliphatic carbocycles. The third-order valence-electron chi connectivity index (χ3n) is 2.80. The van der Waals surface area contributed by atoms with Crippen LogP contribution in [0.3, 0.4) is 0 Å². The standard InChI is InChI=1S/C15H14ClFN2O2/c1-9-5-6-10(18)7-13(9)19-14(20)8-21-15-11(16)3-2-4-12(15)17/h2-7H,8,18H2,1H3,(H,19,20). The molecule has 0 spiro atoms. The van der Waals surface area contributed by atoms with Gasteiger partial charge in [0.2, 0.25) is 0 Å². The summed E-state index contributed by atoms with van der Waals surface area (Å²) in [5.74, 6) is -1.18. The van der Waals surface area contributed by atoms with Crippen molar-refractivity contribution in [3.05, 3.63) is 52.8 Å². The SMILES string of the molecule is Cc1ccc(N)cc1NC(=O)COc1c(F)cccc1Cl. The van der Waals surface area contributed by atoms with E-state index in [0.29, 0.717) is 11.4 Å². The summed E-state index contributed by atoms with van der Waals surface area (Å²) in [5.41, 5.74) is 7.64. The number of ether oxygens (including phenoxy) is 1. The van der Waals surface area contributed by atoms with Gasteiger partial charge < -0.3 is 15.8 Å². The highest BCUT2D eigenvalue weighted by molar-refractivity contribution is 6.32. The predicted octanol–water partition coefficient (Wildman–Crippen LogP) is 3.39. The monoisotopic (exact) mass is 308 g/mol.